The summed E-state index contributed by atoms with van der Waals surface area (Å²) >= 11 is 0. The minimum absolute atomic E-state index is 0.156. The van der Waals surface area contributed by atoms with Gasteiger partial charge in [-0.25, -0.2) is 4.98 Å². The maximum absolute atomic E-state index is 13.1. The highest BCUT2D eigenvalue weighted by Gasteiger charge is 2.13. The molecule has 136 valence electrons. The Bertz CT molecular complexity index is 1360. The van der Waals surface area contributed by atoms with Crippen LogP contribution < -0.4 is 10.3 Å². The van der Waals surface area contributed by atoms with Crippen LogP contribution >= 0.6 is 0 Å². The van der Waals surface area contributed by atoms with Crippen molar-refractivity contribution in [2.45, 2.75) is 6.92 Å². The van der Waals surface area contributed by atoms with E-state index in [-0.39, 0.29) is 5.56 Å². The molecule has 5 aromatic rings. The Kier molecular flexibility index (Phi) is 3.65. The summed E-state index contributed by atoms with van der Waals surface area (Å²) in [7, 11) is 0. The van der Waals surface area contributed by atoms with Gasteiger partial charge in [0.25, 0.3) is 11.3 Å². The first-order chi connectivity index (χ1) is 13.7. The summed E-state index contributed by atoms with van der Waals surface area (Å²) in [5.41, 5.74) is 1.89. The van der Waals surface area contributed by atoms with Crippen LogP contribution in [0.5, 0.6) is 11.5 Å². The maximum atomic E-state index is 13.1. The molecule has 0 radical (unpaired) electrons. The number of hydrogen-bond acceptors (Lipinski definition) is 5. The zero-order valence-electron chi connectivity index (χ0n) is 15.0. The maximum Gasteiger partial charge on any atom is 0.266 e. The van der Waals surface area contributed by atoms with Crippen LogP contribution in [0.15, 0.2) is 78.0 Å². The third-order valence-corrected chi connectivity index (χ3v) is 4.55. The molecule has 3 heterocycles. The summed E-state index contributed by atoms with van der Waals surface area (Å²) < 4.78 is 8.98. The van der Waals surface area contributed by atoms with Crippen LogP contribution in [0.3, 0.4) is 0 Å². The van der Waals surface area contributed by atoms with Gasteiger partial charge in [-0.15, -0.1) is 0 Å². The first-order valence-electron chi connectivity index (χ1n) is 8.76. The summed E-state index contributed by atoms with van der Waals surface area (Å²) in [5.74, 6) is 1.94. The molecule has 0 N–H and O–H groups in total. The lowest BCUT2D eigenvalue weighted by Crippen LogP contribution is -2.20. The summed E-state index contributed by atoms with van der Waals surface area (Å²) in [6, 6.07) is 18.8. The van der Waals surface area contributed by atoms with Gasteiger partial charge in [0.15, 0.2) is 0 Å². The molecule has 3 aromatic heterocycles. The van der Waals surface area contributed by atoms with Crippen LogP contribution in [0, 0.1) is 6.92 Å². The van der Waals surface area contributed by atoms with E-state index in [9.17, 15) is 4.79 Å². The molecule has 0 fully saturated rings. The van der Waals surface area contributed by atoms with Crippen molar-refractivity contribution in [1.29, 1.82) is 0 Å². The zero-order valence-corrected chi connectivity index (χ0v) is 15.0. The Morgan fingerprint density at radius 3 is 2.46 bits per heavy atom. The Morgan fingerprint density at radius 1 is 0.929 bits per heavy atom. The van der Waals surface area contributed by atoms with Gasteiger partial charge in [-0.3, -0.25) is 9.36 Å². The number of aryl methyl sites for hydroxylation is 1. The van der Waals surface area contributed by atoms with E-state index in [2.05, 4.69) is 15.1 Å². The fourth-order valence-corrected chi connectivity index (χ4v) is 3.23. The average Bonchev–Trinajstić information content (AvgIpc) is 3.18. The predicted octanol–water partition coefficient (Wildman–Crippen LogP) is 3.53. The number of ether oxygens (including phenoxy) is 1. The van der Waals surface area contributed by atoms with Gasteiger partial charge in [-0.1, -0.05) is 18.2 Å². The van der Waals surface area contributed by atoms with E-state index in [1.165, 1.54) is 6.33 Å². The van der Waals surface area contributed by atoms with Gasteiger partial charge >= 0.3 is 0 Å². The van der Waals surface area contributed by atoms with Crippen LogP contribution in [0.4, 0.5) is 0 Å². The second kappa shape index (κ2) is 6.31. The molecule has 0 aliphatic heterocycles. The summed E-state index contributed by atoms with van der Waals surface area (Å²) in [6.45, 7) is 1.81. The summed E-state index contributed by atoms with van der Waals surface area (Å²) in [4.78, 5) is 21.6. The molecule has 0 spiro atoms. The lowest BCUT2D eigenvalue weighted by molar-refractivity contribution is 0.482. The van der Waals surface area contributed by atoms with E-state index in [1.807, 2.05) is 60.7 Å². The number of aromatic nitrogens is 5. The second-order valence-corrected chi connectivity index (χ2v) is 6.33. The van der Waals surface area contributed by atoms with Gasteiger partial charge in [0.05, 0.1) is 16.6 Å². The molecule has 0 amide bonds. The van der Waals surface area contributed by atoms with Gasteiger partial charge < -0.3 is 4.74 Å². The van der Waals surface area contributed by atoms with Crippen molar-refractivity contribution in [3.8, 4) is 17.2 Å². The van der Waals surface area contributed by atoms with E-state index in [4.69, 9.17) is 4.74 Å². The molecule has 0 saturated carbocycles. The van der Waals surface area contributed by atoms with E-state index in [0.717, 1.165) is 11.4 Å². The fourth-order valence-electron chi connectivity index (χ4n) is 3.23. The molecule has 0 saturated heterocycles. The number of benzene rings is 2. The largest absolute Gasteiger partial charge is 0.457 e. The number of fused-ring (bicyclic) bond motifs is 3. The van der Waals surface area contributed by atoms with Crippen LogP contribution in [-0.4, -0.2) is 24.1 Å². The smallest absolute Gasteiger partial charge is 0.266 e. The van der Waals surface area contributed by atoms with Crippen molar-refractivity contribution in [2.24, 2.45) is 0 Å². The van der Waals surface area contributed by atoms with Gasteiger partial charge in [-0.05, 0) is 49.4 Å². The molecule has 2 aromatic carbocycles. The van der Waals surface area contributed by atoms with Crippen molar-refractivity contribution < 1.29 is 4.74 Å². The lowest BCUT2D eigenvalue weighted by atomic mass is 10.2. The molecular formula is C21H15N5O2. The van der Waals surface area contributed by atoms with E-state index in [0.29, 0.717) is 28.1 Å². The van der Waals surface area contributed by atoms with Crippen molar-refractivity contribution >= 4 is 16.7 Å². The topological polar surface area (TPSA) is 74.3 Å². The predicted molar refractivity (Wildman–Crippen MR) is 105 cm³/mol. The minimum Gasteiger partial charge on any atom is -0.457 e. The Labute approximate surface area is 159 Å². The highest BCUT2D eigenvalue weighted by Crippen LogP contribution is 2.22. The molecule has 28 heavy (non-hydrogen) atoms. The zero-order chi connectivity index (χ0) is 19.1. The summed E-state index contributed by atoms with van der Waals surface area (Å²) in [5, 5.41) is 4.68. The van der Waals surface area contributed by atoms with Gasteiger partial charge in [0.1, 0.15) is 17.8 Å². The SMILES string of the molecule is Cc1nc2ncnn2c2ccn(-c3ccc(Oc4ccccc4)cc3)c(=O)c12. The van der Waals surface area contributed by atoms with Crippen LogP contribution in [-0.2, 0) is 0 Å². The lowest BCUT2D eigenvalue weighted by Gasteiger charge is -2.10. The quantitative estimate of drug-likeness (QED) is 0.486. The molecule has 0 bridgehead atoms. The van der Waals surface area contributed by atoms with Crippen molar-refractivity contribution in [1.82, 2.24) is 24.1 Å². The Morgan fingerprint density at radius 2 is 1.68 bits per heavy atom. The van der Waals surface area contributed by atoms with Crippen molar-refractivity contribution in [3.05, 3.63) is 89.2 Å². The van der Waals surface area contributed by atoms with E-state index >= 15 is 0 Å². The van der Waals surface area contributed by atoms with E-state index < -0.39 is 0 Å². The molecule has 7 nitrogen and oxygen atoms in total. The third kappa shape index (κ3) is 2.61. The molecule has 0 unspecified atom stereocenters. The fraction of sp³-hybridized carbons (Fsp3) is 0.0476. The summed E-state index contributed by atoms with van der Waals surface area (Å²) in [6.07, 6.45) is 3.16. The first-order valence-corrected chi connectivity index (χ1v) is 8.76. The molecule has 0 atom stereocenters. The van der Waals surface area contributed by atoms with Crippen LogP contribution in [0.1, 0.15) is 5.69 Å². The Balaban J connectivity index is 1.57. The third-order valence-electron chi connectivity index (χ3n) is 4.55. The first kappa shape index (κ1) is 16.2. The highest BCUT2D eigenvalue weighted by atomic mass is 16.5. The monoisotopic (exact) mass is 369 g/mol. The number of para-hydroxylation sites is 1. The standard InChI is InChI=1S/C21H15N5O2/c1-14-19-18(26-21(24-14)22-13-23-26)11-12-25(20(19)27)15-7-9-17(10-8-15)28-16-5-3-2-4-6-16/h2-13H,1H3. The van der Waals surface area contributed by atoms with Gasteiger partial charge in [-0.2, -0.15) is 14.6 Å². The van der Waals surface area contributed by atoms with Gasteiger partial charge in [0, 0.05) is 11.9 Å². The Hall–Kier alpha value is -4.00. The van der Waals surface area contributed by atoms with Crippen molar-refractivity contribution in [3.63, 3.8) is 0 Å². The normalized spacial score (nSPS) is 11.2. The van der Waals surface area contributed by atoms with Crippen LogP contribution in [0.2, 0.25) is 0 Å². The van der Waals surface area contributed by atoms with Gasteiger partial charge in [0.2, 0.25) is 0 Å². The molecule has 5 rings (SSSR count). The average molecular weight is 369 g/mol. The number of hydrogen-bond donors (Lipinski definition) is 0. The molecular weight excluding hydrogens is 354 g/mol. The van der Waals surface area contributed by atoms with E-state index in [1.54, 1.807) is 22.2 Å². The molecule has 0 aliphatic carbocycles. The number of pyridine rings is 1. The second-order valence-electron chi connectivity index (χ2n) is 6.33. The molecule has 7 heteroatoms. The van der Waals surface area contributed by atoms with Crippen molar-refractivity contribution in [2.75, 3.05) is 0 Å². The number of nitrogens with zero attached hydrogens (tertiary/aromatic N) is 5. The minimum atomic E-state index is -0.156. The number of rotatable bonds is 3. The highest BCUT2D eigenvalue weighted by molar-refractivity contribution is 5.82. The van der Waals surface area contributed by atoms with Crippen LogP contribution in [0.25, 0.3) is 22.4 Å². The molecule has 0 aliphatic rings.